The van der Waals surface area contributed by atoms with Crippen molar-refractivity contribution < 1.29 is 23.8 Å². The van der Waals surface area contributed by atoms with Crippen molar-refractivity contribution in [2.24, 2.45) is 0 Å². The van der Waals surface area contributed by atoms with Crippen molar-refractivity contribution in [2.75, 3.05) is 13.2 Å². The van der Waals surface area contributed by atoms with E-state index in [1.165, 1.54) is 24.3 Å². The number of carboxylic acids is 1. The van der Waals surface area contributed by atoms with Gasteiger partial charge in [-0.05, 0) is 55.2 Å². The molecule has 1 amide bonds. The SMILES string of the molecule is C[C@H](NC(=O)C1(NCc2cccc(F)c2)CCOCC1)c1ccc(C(=O)O)cc1. The quantitative estimate of drug-likeness (QED) is 0.665. The van der Waals surface area contributed by atoms with Gasteiger partial charge in [-0.3, -0.25) is 10.1 Å². The molecule has 154 valence electrons. The molecule has 1 aliphatic rings. The molecule has 2 aromatic rings. The Morgan fingerprint density at radius 2 is 1.86 bits per heavy atom. The molecule has 1 atom stereocenters. The number of rotatable bonds is 7. The van der Waals surface area contributed by atoms with Crippen molar-refractivity contribution >= 4 is 11.9 Å². The third-order valence-electron chi connectivity index (χ3n) is 5.31. The maximum absolute atomic E-state index is 13.5. The first-order valence-corrected chi connectivity index (χ1v) is 9.61. The second-order valence-corrected chi connectivity index (χ2v) is 7.30. The highest BCUT2D eigenvalue weighted by molar-refractivity contribution is 5.88. The highest BCUT2D eigenvalue weighted by Gasteiger charge is 2.40. The second kappa shape index (κ2) is 9.15. The van der Waals surface area contributed by atoms with E-state index < -0.39 is 11.5 Å². The van der Waals surface area contributed by atoms with E-state index in [1.54, 1.807) is 18.2 Å². The van der Waals surface area contributed by atoms with Crippen molar-refractivity contribution in [3.63, 3.8) is 0 Å². The number of aromatic carboxylic acids is 1. The van der Waals surface area contributed by atoms with E-state index >= 15 is 0 Å². The molecule has 0 radical (unpaired) electrons. The molecular weight excluding hydrogens is 375 g/mol. The van der Waals surface area contributed by atoms with Gasteiger partial charge in [-0.2, -0.15) is 0 Å². The molecule has 3 rings (SSSR count). The number of nitrogens with one attached hydrogen (secondary N) is 2. The van der Waals surface area contributed by atoms with Crippen molar-refractivity contribution in [1.82, 2.24) is 10.6 Å². The average molecular weight is 400 g/mol. The van der Waals surface area contributed by atoms with Gasteiger partial charge in [0.2, 0.25) is 5.91 Å². The van der Waals surface area contributed by atoms with E-state index in [2.05, 4.69) is 10.6 Å². The molecule has 0 spiro atoms. The molecule has 0 aliphatic carbocycles. The lowest BCUT2D eigenvalue weighted by Crippen LogP contribution is -2.59. The van der Waals surface area contributed by atoms with Gasteiger partial charge in [0.15, 0.2) is 0 Å². The Morgan fingerprint density at radius 1 is 1.17 bits per heavy atom. The van der Waals surface area contributed by atoms with Crippen LogP contribution >= 0.6 is 0 Å². The molecule has 0 aromatic heterocycles. The Bertz CT molecular complexity index is 863. The molecule has 1 aliphatic heterocycles. The van der Waals surface area contributed by atoms with Crippen molar-refractivity contribution in [1.29, 1.82) is 0 Å². The van der Waals surface area contributed by atoms with E-state index in [1.807, 2.05) is 13.0 Å². The maximum atomic E-state index is 13.5. The summed E-state index contributed by atoms with van der Waals surface area (Å²) in [5.41, 5.74) is 0.974. The number of hydrogen-bond acceptors (Lipinski definition) is 4. The fraction of sp³-hybridized carbons (Fsp3) is 0.364. The maximum Gasteiger partial charge on any atom is 0.335 e. The lowest BCUT2D eigenvalue weighted by Gasteiger charge is -2.37. The van der Waals surface area contributed by atoms with E-state index in [4.69, 9.17) is 9.84 Å². The molecule has 1 heterocycles. The van der Waals surface area contributed by atoms with Crippen LogP contribution in [0.15, 0.2) is 48.5 Å². The van der Waals surface area contributed by atoms with Gasteiger partial charge < -0.3 is 15.2 Å². The average Bonchev–Trinajstić information content (AvgIpc) is 2.73. The summed E-state index contributed by atoms with van der Waals surface area (Å²) in [5, 5.41) is 15.4. The van der Waals surface area contributed by atoms with Crippen LogP contribution in [0.2, 0.25) is 0 Å². The van der Waals surface area contributed by atoms with Gasteiger partial charge in [-0.1, -0.05) is 24.3 Å². The lowest BCUT2D eigenvalue weighted by atomic mass is 9.88. The number of carboxylic acid groups (broad SMARTS) is 1. The molecule has 29 heavy (non-hydrogen) atoms. The molecule has 6 nitrogen and oxygen atoms in total. The topological polar surface area (TPSA) is 87.7 Å². The first-order chi connectivity index (χ1) is 13.9. The molecule has 2 aromatic carbocycles. The van der Waals surface area contributed by atoms with Crippen LogP contribution in [-0.2, 0) is 16.1 Å². The zero-order valence-corrected chi connectivity index (χ0v) is 16.3. The Hall–Kier alpha value is -2.77. The van der Waals surface area contributed by atoms with Gasteiger partial charge in [0, 0.05) is 19.8 Å². The number of hydrogen-bond donors (Lipinski definition) is 3. The van der Waals surface area contributed by atoms with Gasteiger partial charge >= 0.3 is 5.97 Å². The normalized spacial score (nSPS) is 16.8. The van der Waals surface area contributed by atoms with Gasteiger partial charge in [0.05, 0.1) is 11.6 Å². The highest BCUT2D eigenvalue weighted by Crippen LogP contribution is 2.24. The number of halogens is 1. The minimum Gasteiger partial charge on any atom is -0.478 e. The number of amides is 1. The summed E-state index contributed by atoms with van der Waals surface area (Å²) in [4.78, 5) is 24.2. The monoisotopic (exact) mass is 400 g/mol. The predicted molar refractivity (Wildman–Crippen MR) is 106 cm³/mol. The highest BCUT2D eigenvalue weighted by atomic mass is 19.1. The summed E-state index contributed by atoms with van der Waals surface area (Å²) >= 11 is 0. The van der Waals surface area contributed by atoms with Crippen LogP contribution in [0.25, 0.3) is 0 Å². The fourth-order valence-electron chi connectivity index (χ4n) is 3.45. The van der Waals surface area contributed by atoms with Gasteiger partial charge in [0.25, 0.3) is 0 Å². The van der Waals surface area contributed by atoms with Gasteiger partial charge in [-0.25, -0.2) is 9.18 Å². The minimum absolute atomic E-state index is 0.146. The Balaban J connectivity index is 1.70. The summed E-state index contributed by atoms with van der Waals surface area (Å²) < 4.78 is 18.9. The summed E-state index contributed by atoms with van der Waals surface area (Å²) in [5.74, 6) is -1.45. The summed E-state index contributed by atoms with van der Waals surface area (Å²) in [6.45, 7) is 3.15. The zero-order valence-electron chi connectivity index (χ0n) is 16.3. The number of ether oxygens (including phenoxy) is 1. The minimum atomic E-state index is -0.990. The van der Waals surface area contributed by atoms with Gasteiger partial charge in [0.1, 0.15) is 11.4 Å². The van der Waals surface area contributed by atoms with E-state index in [0.29, 0.717) is 32.6 Å². The Labute approximate surface area is 169 Å². The zero-order chi connectivity index (χ0) is 20.9. The van der Waals surface area contributed by atoms with E-state index in [9.17, 15) is 14.0 Å². The molecular formula is C22H25FN2O4. The lowest BCUT2D eigenvalue weighted by molar-refractivity contribution is -0.132. The standard InChI is InChI=1S/C22H25FN2O4/c1-15(17-5-7-18(8-6-17)20(26)27)25-21(28)22(9-11-29-12-10-22)24-14-16-3-2-4-19(23)13-16/h2-8,13,15,24H,9-12,14H2,1H3,(H,25,28)(H,26,27)/t15-/m0/s1. The molecule has 0 unspecified atom stereocenters. The first-order valence-electron chi connectivity index (χ1n) is 9.61. The van der Waals surface area contributed by atoms with Crippen LogP contribution in [0.1, 0.15) is 47.3 Å². The van der Waals surface area contributed by atoms with Crippen LogP contribution in [0.5, 0.6) is 0 Å². The molecule has 0 saturated carbocycles. The van der Waals surface area contributed by atoms with Crippen LogP contribution in [0, 0.1) is 5.82 Å². The van der Waals surface area contributed by atoms with Crippen molar-refractivity contribution in [3.05, 3.63) is 71.0 Å². The predicted octanol–water partition coefficient (Wildman–Crippen LogP) is 3.04. The first kappa shape index (κ1) is 21.0. The molecule has 1 fully saturated rings. The fourth-order valence-corrected chi connectivity index (χ4v) is 3.45. The Morgan fingerprint density at radius 3 is 2.48 bits per heavy atom. The van der Waals surface area contributed by atoms with Crippen LogP contribution in [0.3, 0.4) is 0 Å². The second-order valence-electron chi connectivity index (χ2n) is 7.30. The molecule has 0 bridgehead atoms. The Kier molecular flexibility index (Phi) is 6.61. The summed E-state index contributed by atoms with van der Waals surface area (Å²) in [7, 11) is 0. The largest absolute Gasteiger partial charge is 0.478 e. The van der Waals surface area contributed by atoms with Crippen LogP contribution in [-0.4, -0.2) is 35.7 Å². The number of carbonyl (C=O) groups excluding carboxylic acids is 1. The van der Waals surface area contributed by atoms with Crippen LogP contribution in [0.4, 0.5) is 4.39 Å². The van der Waals surface area contributed by atoms with Crippen molar-refractivity contribution in [3.8, 4) is 0 Å². The van der Waals surface area contributed by atoms with Crippen LogP contribution < -0.4 is 10.6 Å². The molecule has 3 N–H and O–H groups in total. The molecule has 1 saturated heterocycles. The van der Waals surface area contributed by atoms with Gasteiger partial charge in [-0.15, -0.1) is 0 Å². The summed E-state index contributed by atoms with van der Waals surface area (Å²) in [6.07, 6.45) is 1.03. The third kappa shape index (κ3) is 5.19. The van der Waals surface area contributed by atoms with E-state index in [-0.39, 0.29) is 23.3 Å². The number of benzene rings is 2. The molecule has 7 heteroatoms. The smallest absolute Gasteiger partial charge is 0.335 e. The van der Waals surface area contributed by atoms with E-state index in [0.717, 1.165) is 11.1 Å². The third-order valence-corrected chi connectivity index (χ3v) is 5.31. The summed E-state index contributed by atoms with van der Waals surface area (Å²) in [6, 6.07) is 12.4. The van der Waals surface area contributed by atoms with Crippen molar-refractivity contribution in [2.45, 2.75) is 37.9 Å². The number of carbonyl (C=O) groups is 2.